The van der Waals surface area contributed by atoms with E-state index in [9.17, 15) is 0 Å². The first kappa shape index (κ1) is 14.2. The zero-order valence-corrected chi connectivity index (χ0v) is 13.0. The molecule has 20 heavy (non-hydrogen) atoms. The van der Waals surface area contributed by atoms with Gasteiger partial charge >= 0.3 is 0 Å². The van der Waals surface area contributed by atoms with Gasteiger partial charge in [0.25, 0.3) is 0 Å². The van der Waals surface area contributed by atoms with E-state index >= 15 is 0 Å². The maximum atomic E-state index is 6.32. The van der Waals surface area contributed by atoms with Crippen LogP contribution in [-0.2, 0) is 0 Å². The second kappa shape index (κ2) is 6.36. The molecule has 1 N–H and O–H groups in total. The monoisotopic (exact) mass is 293 g/mol. The molecular weight excluding hydrogens is 270 g/mol. The maximum absolute atomic E-state index is 6.32. The van der Waals surface area contributed by atoms with E-state index < -0.39 is 0 Å². The second-order valence-corrected chi connectivity index (χ2v) is 6.60. The molecule has 0 spiro atoms. The molecule has 2 unspecified atom stereocenters. The van der Waals surface area contributed by atoms with Crippen LogP contribution in [0.15, 0.2) is 18.2 Å². The van der Waals surface area contributed by atoms with Crippen molar-refractivity contribution in [1.29, 1.82) is 0 Å². The van der Waals surface area contributed by atoms with E-state index in [4.69, 9.17) is 16.3 Å². The second-order valence-electron chi connectivity index (χ2n) is 6.17. The van der Waals surface area contributed by atoms with Gasteiger partial charge in [-0.05, 0) is 44.0 Å². The van der Waals surface area contributed by atoms with Crippen molar-refractivity contribution in [1.82, 2.24) is 5.32 Å². The van der Waals surface area contributed by atoms with Crippen LogP contribution in [0.25, 0.3) is 0 Å². The first-order valence-electron chi connectivity index (χ1n) is 7.91. The van der Waals surface area contributed by atoms with Gasteiger partial charge in [0.05, 0.1) is 0 Å². The van der Waals surface area contributed by atoms with Gasteiger partial charge in [-0.25, -0.2) is 0 Å². The van der Waals surface area contributed by atoms with Crippen molar-refractivity contribution >= 4 is 11.6 Å². The van der Waals surface area contributed by atoms with E-state index in [0.717, 1.165) is 23.1 Å². The highest BCUT2D eigenvalue weighted by Crippen LogP contribution is 2.40. The van der Waals surface area contributed by atoms with Crippen LogP contribution in [0.5, 0.6) is 5.75 Å². The fourth-order valence-electron chi connectivity index (χ4n) is 3.71. The van der Waals surface area contributed by atoms with Crippen molar-refractivity contribution in [2.24, 2.45) is 5.92 Å². The van der Waals surface area contributed by atoms with Gasteiger partial charge in [0.2, 0.25) is 0 Å². The molecule has 3 heteroatoms. The van der Waals surface area contributed by atoms with Gasteiger partial charge in [-0.2, -0.15) is 0 Å². The lowest BCUT2D eigenvalue weighted by molar-refractivity contribution is 0.0857. The Hall–Kier alpha value is -0.730. The average molecular weight is 294 g/mol. The number of rotatable bonds is 2. The number of benzene rings is 1. The Balaban J connectivity index is 1.81. The third-order valence-electron chi connectivity index (χ3n) is 4.87. The highest BCUT2D eigenvalue weighted by molar-refractivity contribution is 6.30. The number of hydrogen-bond acceptors (Lipinski definition) is 2. The number of fused-ring (bicyclic) bond motifs is 1. The van der Waals surface area contributed by atoms with Gasteiger partial charge in [-0.3, -0.25) is 0 Å². The summed E-state index contributed by atoms with van der Waals surface area (Å²) in [6, 6.07) is 6.38. The topological polar surface area (TPSA) is 21.3 Å². The predicted octanol–water partition coefficient (Wildman–Crippen LogP) is 4.72. The zero-order valence-electron chi connectivity index (χ0n) is 12.2. The van der Waals surface area contributed by atoms with Crippen LogP contribution in [0.1, 0.15) is 56.6 Å². The highest BCUT2D eigenvalue weighted by atomic mass is 35.5. The van der Waals surface area contributed by atoms with Crippen molar-refractivity contribution in [2.75, 3.05) is 7.05 Å². The number of halogens is 1. The predicted molar refractivity (Wildman–Crippen MR) is 83.5 cm³/mol. The van der Waals surface area contributed by atoms with E-state index in [0.29, 0.717) is 12.1 Å². The van der Waals surface area contributed by atoms with E-state index in [1.165, 1.54) is 44.1 Å². The van der Waals surface area contributed by atoms with Crippen molar-refractivity contribution in [3.8, 4) is 5.75 Å². The minimum Gasteiger partial charge on any atom is -0.490 e. The molecule has 2 aliphatic rings. The largest absolute Gasteiger partial charge is 0.490 e. The summed E-state index contributed by atoms with van der Waals surface area (Å²) in [5, 5.41) is 4.23. The Labute approximate surface area is 126 Å². The summed E-state index contributed by atoms with van der Waals surface area (Å²) in [4.78, 5) is 0. The third-order valence-corrected chi connectivity index (χ3v) is 5.10. The summed E-state index contributed by atoms with van der Waals surface area (Å²) in [7, 11) is 2.03. The lowest BCUT2D eigenvalue weighted by Gasteiger charge is -2.36. The molecule has 1 aliphatic heterocycles. The van der Waals surface area contributed by atoms with Gasteiger partial charge in [-0.15, -0.1) is 0 Å². The number of nitrogens with one attached hydrogen (secondary N) is 1. The van der Waals surface area contributed by atoms with Crippen LogP contribution in [0, 0.1) is 5.92 Å². The van der Waals surface area contributed by atoms with Gasteiger partial charge < -0.3 is 10.1 Å². The lowest BCUT2D eigenvalue weighted by Crippen LogP contribution is -2.36. The lowest BCUT2D eigenvalue weighted by atomic mass is 9.86. The number of ether oxygens (including phenoxy) is 1. The molecule has 110 valence electrons. The molecule has 0 radical (unpaired) electrons. The fourth-order valence-corrected chi connectivity index (χ4v) is 3.89. The van der Waals surface area contributed by atoms with Crippen molar-refractivity contribution in [2.45, 2.75) is 57.1 Å². The first-order chi connectivity index (χ1) is 9.78. The molecule has 1 aromatic carbocycles. The summed E-state index contributed by atoms with van der Waals surface area (Å²) >= 11 is 6.12. The van der Waals surface area contributed by atoms with Gasteiger partial charge in [-0.1, -0.05) is 37.3 Å². The van der Waals surface area contributed by atoms with Crippen molar-refractivity contribution in [3.05, 3.63) is 28.8 Å². The SMILES string of the molecule is CNC1CC(C2CCCCCC2)Oc2ccc(Cl)cc21. The highest BCUT2D eigenvalue weighted by Gasteiger charge is 2.32. The summed E-state index contributed by atoms with van der Waals surface area (Å²) in [6.07, 6.45) is 9.59. The van der Waals surface area contributed by atoms with Crippen LogP contribution in [0.2, 0.25) is 5.02 Å². The Morgan fingerprint density at radius 2 is 1.90 bits per heavy atom. The summed E-state index contributed by atoms with van der Waals surface area (Å²) in [6.45, 7) is 0. The molecule has 0 aromatic heterocycles. The third kappa shape index (κ3) is 2.96. The smallest absolute Gasteiger partial charge is 0.124 e. The average Bonchev–Trinajstić information content (AvgIpc) is 2.75. The molecule has 1 heterocycles. The molecule has 0 saturated heterocycles. The molecular formula is C17H24ClNO. The Morgan fingerprint density at radius 1 is 1.15 bits per heavy atom. The fraction of sp³-hybridized carbons (Fsp3) is 0.647. The Morgan fingerprint density at radius 3 is 2.60 bits per heavy atom. The number of hydrogen-bond donors (Lipinski definition) is 1. The van der Waals surface area contributed by atoms with Gasteiger partial charge in [0.1, 0.15) is 11.9 Å². The minimum absolute atomic E-state index is 0.360. The van der Waals surface area contributed by atoms with Crippen LogP contribution >= 0.6 is 11.6 Å². The Kier molecular flexibility index (Phi) is 4.52. The normalized spacial score (nSPS) is 27.5. The van der Waals surface area contributed by atoms with Crippen LogP contribution < -0.4 is 10.1 Å². The van der Waals surface area contributed by atoms with Crippen molar-refractivity contribution in [3.63, 3.8) is 0 Å². The summed E-state index contributed by atoms with van der Waals surface area (Å²) in [5.41, 5.74) is 1.21. The molecule has 0 bridgehead atoms. The Bertz CT molecular complexity index is 454. The van der Waals surface area contributed by atoms with Crippen LogP contribution in [0.4, 0.5) is 0 Å². The van der Waals surface area contributed by atoms with Crippen LogP contribution in [0.3, 0.4) is 0 Å². The molecule has 1 fully saturated rings. The molecule has 1 aromatic rings. The first-order valence-corrected chi connectivity index (χ1v) is 8.29. The van der Waals surface area contributed by atoms with Gasteiger partial charge in [0, 0.05) is 23.0 Å². The molecule has 0 amide bonds. The molecule has 2 nitrogen and oxygen atoms in total. The zero-order chi connectivity index (χ0) is 13.9. The molecule has 1 aliphatic carbocycles. The van der Waals surface area contributed by atoms with E-state index in [-0.39, 0.29) is 0 Å². The van der Waals surface area contributed by atoms with E-state index in [1.54, 1.807) is 0 Å². The van der Waals surface area contributed by atoms with E-state index in [2.05, 4.69) is 5.32 Å². The van der Waals surface area contributed by atoms with Crippen molar-refractivity contribution < 1.29 is 4.74 Å². The molecule has 2 atom stereocenters. The molecule has 1 saturated carbocycles. The standard InChI is InChI=1S/C17H24ClNO/c1-19-15-11-17(12-6-4-2-3-5-7-12)20-16-9-8-13(18)10-14(15)16/h8-10,12,15,17,19H,2-7,11H2,1H3. The summed E-state index contributed by atoms with van der Waals surface area (Å²) in [5.74, 6) is 1.74. The van der Waals surface area contributed by atoms with E-state index in [1.807, 2.05) is 25.2 Å². The summed E-state index contributed by atoms with van der Waals surface area (Å²) < 4.78 is 6.32. The van der Waals surface area contributed by atoms with Gasteiger partial charge in [0.15, 0.2) is 0 Å². The maximum Gasteiger partial charge on any atom is 0.124 e. The quantitative estimate of drug-likeness (QED) is 0.797. The van der Waals surface area contributed by atoms with Crippen LogP contribution in [-0.4, -0.2) is 13.2 Å². The molecule has 3 rings (SSSR count). The minimum atomic E-state index is 0.360.